The van der Waals surface area contributed by atoms with Crippen molar-refractivity contribution >= 4 is 28.5 Å². The van der Waals surface area contributed by atoms with E-state index < -0.39 is 0 Å². The third-order valence-corrected chi connectivity index (χ3v) is 2.88. The first kappa shape index (κ1) is 14.8. The summed E-state index contributed by atoms with van der Waals surface area (Å²) < 4.78 is 12.0. The van der Waals surface area contributed by atoms with Crippen molar-refractivity contribution in [3.8, 4) is 17.8 Å². The number of hydrogen-bond donors (Lipinski definition) is 1. The number of nitrogens with one attached hydrogen (secondary N) is 1. The molecule has 1 N–H and O–H groups in total. The molecule has 0 amide bonds. The van der Waals surface area contributed by atoms with Gasteiger partial charge in [0.25, 0.3) is 0 Å². The molecule has 106 valence electrons. The van der Waals surface area contributed by atoms with Crippen LogP contribution in [0.1, 0.15) is 13.8 Å². The molecule has 1 aromatic carbocycles. The molecule has 6 nitrogen and oxygen atoms in total. The Morgan fingerprint density at radius 1 is 1.15 bits per heavy atom. The molecule has 2 aromatic rings. The van der Waals surface area contributed by atoms with E-state index in [9.17, 15) is 0 Å². The second-order valence-electron chi connectivity index (χ2n) is 3.75. The summed E-state index contributed by atoms with van der Waals surface area (Å²) in [5.74, 6) is 1.11. The summed E-state index contributed by atoms with van der Waals surface area (Å²) in [6, 6.07) is 8.10. The van der Waals surface area contributed by atoms with E-state index in [1.54, 1.807) is 0 Å². The van der Waals surface area contributed by atoms with Crippen LogP contribution >= 0.6 is 22.6 Å². The van der Waals surface area contributed by atoms with Gasteiger partial charge in [-0.05, 0) is 54.6 Å². The maximum absolute atomic E-state index is 5.65. The third kappa shape index (κ3) is 4.19. The fourth-order valence-corrected chi connectivity index (χ4v) is 1.96. The Balaban J connectivity index is 2.25. The van der Waals surface area contributed by atoms with Crippen LogP contribution in [-0.4, -0.2) is 28.1 Å². The van der Waals surface area contributed by atoms with Crippen LogP contribution in [0.3, 0.4) is 0 Å². The van der Waals surface area contributed by atoms with Crippen molar-refractivity contribution in [2.75, 3.05) is 18.5 Å². The van der Waals surface area contributed by atoms with Gasteiger partial charge in [-0.25, -0.2) is 0 Å². The molecule has 2 rings (SSSR count). The van der Waals surface area contributed by atoms with Crippen molar-refractivity contribution in [2.45, 2.75) is 13.8 Å². The van der Waals surface area contributed by atoms with Gasteiger partial charge in [0.1, 0.15) is 5.75 Å². The fourth-order valence-electron chi connectivity index (χ4n) is 1.45. The van der Waals surface area contributed by atoms with Crippen LogP contribution < -0.4 is 14.8 Å². The Labute approximate surface area is 131 Å². The van der Waals surface area contributed by atoms with E-state index in [0.717, 1.165) is 3.57 Å². The van der Waals surface area contributed by atoms with Crippen LogP contribution in [0.25, 0.3) is 0 Å². The molecule has 0 saturated carbocycles. The van der Waals surface area contributed by atoms with Crippen molar-refractivity contribution in [2.24, 2.45) is 0 Å². The van der Waals surface area contributed by atoms with Gasteiger partial charge >= 0.3 is 12.0 Å². The van der Waals surface area contributed by atoms with Crippen LogP contribution in [0, 0.1) is 3.57 Å². The Bertz CT molecular complexity index is 556. The van der Waals surface area contributed by atoms with Gasteiger partial charge < -0.3 is 14.8 Å². The number of aromatic nitrogens is 3. The minimum Gasteiger partial charge on any atom is -0.464 e. The first-order valence-corrected chi connectivity index (χ1v) is 7.35. The molecule has 0 aliphatic rings. The Kier molecular flexibility index (Phi) is 5.33. The average molecular weight is 386 g/mol. The summed E-state index contributed by atoms with van der Waals surface area (Å²) >= 11 is 2.22. The van der Waals surface area contributed by atoms with Crippen molar-refractivity contribution in [3.63, 3.8) is 0 Å². The molecule has 0 bridgehead atoms. The number of nitrogens with zero attached hydrogens (tertiary/aromatic N) is 3. The minimum atomic E-state index is 0.210. The van der Waals surface area contributed by atoms with Gasteiger partial charge in [-0.15, -0.1) is 4.98 Å². The van der Waals surface area contributed by atoms with Gasteiger partial charge in [-0.2, -0.15) is 9.97 Å². The summed E-state index contributed by atoms with van der Waals surface area (Å²) in [6.45, 7) is 5.03. The lowest BCUT2D eigenvalue weighted by atomic mass is 10.3. The summed E-state index contributed by atoms with van der Waals surface area (Å²) in [5, 5.41) is 3.02. The SMILES string of the molecule is CCNc1nc(OCC)nc(Oc2cccc(I)c2)n1. The molecular formula is C13H15IN4O2. The van der Waals surface area contributed by atoms with Crippen LogP contribution in [-0.2, 0) is 0 Å². The summed E-state index contributed by atoms with van der Waals surface area (Å²) in [4.78, 5) is 12.4. The molecule has 0 spiro atoms. The molecule has 0 saturated heterocycles. The number of ether oxygens (including phenoxy) is 2. The molecule has 0 atom stereocenters. The molecule has 20 heavy (non-hydrogen) atoms. The van der Waals surface area contributed by atoms with Crippen molar-refractivity contribution in [1.82, 2.24) is 15.0 Å². The van der Waals surface area contributed by atoms with E-state index in [1.807, 2.05) is 38.1 Å². The minimum absolute atomic E-state index is 0.210. The molecule has 0 radical (unpaired) electrons. The third-order valence-electron chi connectivity index (χ3n) is 2.21. The summed E-state index contributed by atoms with van der Waals surface area (Å²) in [6.07, 6.45) is 0. The molecule has 7 heteroatoms. The highest BCUT2D eigenvalue weighted by atomic mass is 127. The predicted octanol–water partition coefficient (Wildman–Crippen LogP) is 3.10. The lowest BCUT2D eigenvalue weighted by Gasteiger charge is -2.08. The quantitative estimate of drug-likeness (QED) is 0.770. The molecule has 1 heterocycles. The van der Waals surface area contributed by atoms with Crippen LogP contribution in [0.15, 0.2) is 24.3 Å². The highest BCUT2D eigenvalue weighted by Crippen LogP contribution is 2.22. The Hall–Kier alpha value is -1.64. The van der Waals surface area contributed by atoms with Crippen LogP contribution in [0.5, 0.6) is 17.8 Å². The number of anilines is 1. The second kappa shape index (κ2) is 7.22. The number of benzene rings is 1. The van der Waals surface area contributed by atoms with Crippen LogP contribution in [0.4, 0.5) is 5.95 Å². The molecule has 1 aromatic heterocycles. The standard InChI is InChI=1S/C13H15IN4O2/c1-3-15-11-16-12(19-4-2)18-13(17-11)20-10-7-5-6-9(14)8-10/h5-8H,3-4H2,1-2H3,(H,15,16,17,18). The summed E-state index contributed by atoms with van der Waals surface area (Å²) in [5.41, 5.74) is 0. The molecule has 0 fully saturated rings. The topological polar surface area (TPSA) is 69.2 Å². The van der Waals surface area contributed by atoms with Crippen molar-refractivity contribution < 1.29 is 9.47 Å². The van der Waals surface area contributed by atoms with E-state index in [0.29, 0.717) is 24.8 Å². The number of rotatable bonds is 6. The largest absolute Gasteiger partial charge is 0.464 e. The molecular weight excluding hydrogens is 371 g/mol. The first-order valence-electron chi connectivity index (χ1n) is 6.27. The van der Waals surface area contributed by atoms with E-state index in [4.69, 9.17) is 9.47 Å². The van der Waals surface area contributed by atoms with Gasteiger partial charge in [-0.1, -0.05) is 6.07 Å². The smallest absolute Gasteiger partial charge is 0.330 e. The van der Waals surface area contributed by atoms with E-state index >= 15 is 0 Å². The maximum Gasteiger partial charge on any atom is 0.330 e. The van der Waals surface area contributed by atoms with Crippen molar-refractivity contribution in [1.29, 1.82) is 0 Å². The van der Waals surface area contributed by atoms with Gasteiger partial charge in [0.2, 0.25) is 5.95 Å². The highest BCUT2D eigenvalue weighted by Gasteiger charge is 2.09. The van der Waals surface area contributed by atoms with Crippen molar-refractivity contribution in [3.05, 3.63) is 27.8 Å². The molecule has 0 aliphatic carbocycles. The first-order chi connectivity index (χ1) is 9.71. The van der Waals surface area contributed by atoms with Gasteiger partial charge in [0, 0.05) is 10.1 Å². The lowest BCUT2D eigenvalue weighted by Crippen LogP contribution is -2.07. The zero-order valence-electron chi connectivity index (χ0n) is 11.3. The van der Waals surface area contributed by atoms with E-state index in [2.05, 4.69) is 42.9 Å². The fraction of sp³-hybridized carbons (Fsp3) is 0.308. The normalized spacial score (nSPS) is 10.2. The second-order valence-corrected chi connectivity index (χ2v) is 4.99. The number of halogens is 1. The van der Waals surface area contributed by atoms with Gasteiger partial charge in [0.15, 0.2) is 0 Å². The highest BCUT2D eigenvalue weighted by molar-refractivity contribution is 14.1. The monoisotopic (exact) mass is 386 g/mol. The van der Waals surface area contributed by atoms with E-state index in [1.165, 1.54) is 0 Å². The van der Waals surface area contributed by atoms with E-state index in [-0.39, 0.29) is 12.0 Å². The maximum atomic E-state index is 5.65. The molecule has 0 unspecified atom stereocenters. The zero-order chi connectivity index (χ0) is 14.4. The van der Waals surface area contributed by atoms with Gasteiger partial charge in [-0.3, -0.25) is 0 Å². The number of hydrogen-bond acceptors (Lipinski definition) is 6. The zero-order valence-corrected chi connectivity index (χ0v) is 13.4. The molecule has 0 aliphatic heterocycles. The Morgan fingerprint density at radius 2 is 1.95 bits per heavy atom. The summed E-state index contributed by atoms with van der Waals surface area (Å²) in [7, 11) is 0. The predicted molar refractivity (Wildman–Crippen MR) is 84.4 cm³/mol. The Morgan fingerprint density at radius 3 is 2.65 bits per heavy atom. The van der Waals surface area contributed by atoms with Gasteiger partial charge in [0.05, 0.1) is 6.61 Å². The van der Waals surface area contributed by atoms with Crippen LogP contribution in [0.2, 0.25) is 0 Å². The lowest BCUT2D eigenvalue weighted by molar-refractivity contribution is 0.304. The average Bonchev–Trinajstić information content (AvgIpc) is 2.39.